The molecule has 0 aliphatic carbocycles. The van der Waals surface area contributed by atoms with Crippen LogP contribution in [0.25, 0.3) is 0 Å². The quantitative estimate of drug-likeness (QED) is 0.647. The summed E-state index contributed by atoms with van der Waals surface area (Å²) in [4.78, 5) is 0. The molecule has 0 saturated heterocycles. The molecule has 0 unspecified atom stereocenters. The summed E-state index contributed by atoms with van der Waals surface area (Å²) in [7, 11) is 0. The van der Waals surface area contributed by atoms with E-state index >= 15 is 0 Å². The maximum Gasteiger partial charge on any atom is 0.161 e. The van der Waals surface area contributed by atoms with Crippen LogP contribution in [0.4, 0.5) is 23.2 Å². The molecule has 0 fully saturated rings. The van der Waals surface area contributed by atoms with Gasteiger partial charge < -0.3 is 5.32 Å². The van der Waals surface area contributed by atoms with E-state index in [-0.39, 0.29) is 17.3 Å². The summed E-state index contributed by atoms with van der Waals surface area (Å²) in [5.41, 5.74) is 0.312. The molecular weight excluding hydrogens is 282 g/mol. The highest BCUT2D eigenvalue weighted by atomic mass is 35.5. The first kappa shape index (κ1) is 13.7. The number of anilines is 1. The van der Waals surface area contributed by atoms with Gasteiger partial charge in [0.1, 0.15) is 11.6 Å². The molecule has 0 atom stereocenters. The van der Waals surface area contributed by atoms with Crippen LogP contribution in [0.2, 0.25) is 5.02 Å². The van der Waals surface area contributed by atoms with E-state index < -0.39 is 23.3 Å². The molecule has 2 aromatic rings. The van der Waals surface area contributed by atoms with E-state index in [4.69, 9.17) is 11.6 Å². The Balaban J connectivity index is 2.16. The molecule has 2 aromatic carbocycles. The van der Waals surface area contributed by atoms with Crippen LogP contribution in [0.15, 0.2) is 30.3 Å². The van der Waals surface area contributed by atoms with E-state index in [1.165, 1.54) is 12.1 Å². The molecule has 2 rings (SSSR count). The molecule has 0 aromatic heterocycles. The number of nitrogens with one attached hydrogen (secondary N) is 1. The third kappa shape index (κ3) is 3.17. The molecule has 0 aliphatic rings. The molecule has 0 amide bonds. The van der Waals surface area contributed by atoms with Crippen LogP contribution in [-0.2, 0) is 6.54 Å². The number of halogens is 5. The highest BCUT2D eigenvalue weighted by Gasteiger charge is 2.10. The van der Waals surface area contributed by atoms with Crippen molar-refractivity contribution in [3.63, 3.8) is 0 Å². The Kier molecular flexibility index (Phi) is 3.95. The summed E-state index contributed by atoms with van der Waals surface area (Å²) >= 11 is 5.78. The fourth-order valence-electron chi connectivity index (χ4n) is 1.51. The molecular formula is C13H8ClF4N. The fraction of sp³-hybridized carbons (Fsp3) is 0.0769. The zero-order chi connectivity index (χ0) is 14.0. The van der Waals surface area contributed by atoms with E-state index in [0.29, 0.717) is 17.7 Å². The van der Waals surface area contributed by atoms with Gasteiger partial charge >= 0.3 is 0 Å². The van der Waals surface area contributed by atoms with Crippen LogP contribution >= 0.6 is 11.6 Å². The first-order valence-electron chi connectivity index (χ1n) is 5.29. The van der Waals surface area contributed by atoms with Gasteiger partial charge in [-0.15, -0.1) is 0 Å². The summed E-state index contributed by atoms with van der Waals surface area (Å²) in [6, 6.07) is 4.89. The lowest BCUT2D eigenvalue weighted by Crippen LogP contribution is -2.03. The van der Waals surface area contributed by atoms with Gasteiger partial charge in [0.25, 0.3) is 0 Å². The van der Waals surface area contributed by atoms with Crippen molar-refractivity contribution < 1.29 is 17.6 Å². The van der Waals surface area contributed by atoms with Gasteiger partial charge in [0.05, 0.1) is 5.69 Å². The summed E-state index contributed by atoms with van der Waals surface area (Å²) in [5.74, 6) is -3.83. The molecule has 0 bridgehead atoms. The van der Waals surface area contributed by atoms with Crippen LogP contribution < -0.4 is 5.32 Å². The van der Waals surface area contributed by atoms with Gasteiger partial charge in [-0.3, -0.25) is 0 Å². The first-order chi connectivity index (χ1) is 8.97. The van der Waals surface area contributed by atoms with Crippen molar-refractivity contribution in [1.82, 2.24) is 0 Å². The molecule has 0 radical (unpaired) electrons. The van der Waals surface area contributed by atoms with Gasteiger partial charge in [-0.1, -0.05) is 17.7 Å². The third-order valence-corrected chi connectivity index (χ3v) is 2.85. The Morgan fingerprint density at radius 2 is 1.58 bits per heavy atom. The maximum absolute atomic E-state index is 13.3. The largest absolute Gasteiger partial charge is 0.378 e. The van der Waals surface area contributed by atoms with Crippen LogP contribution in [0.5, 0.6) is 0 Å². The van der Waals surface area contributed by atoms with Crippen molar-refractivity contribution in [2.24, 2.45) is 0 Å². The smallest absolute Gasteiger partial charge is 0.161 e. The van der Waals surface area contributed by atoms with Crippen LogP contribution in [-0.4, -0.2) is 0 Å². The van der Waals surface area contributed by atoms with Crippen molar-refractivity contribution in [3.05, 3.63) is 64.2 Å². The molecule has 1 nitrogen and oxygen atoms in total. The fourth-order valence-corrected chi connectivity index (χ4v) is 1.75. The van der Waals surface area contributed by atoms with Gasteiger partial charge in [-0.2, -0.15) is 0 Å². The number of hydrogen-bond donors (Lipinski definition) is 1. The van der Waals surface area contributed by atoms with Gasteiger partial charge in [-0.05, 0) is 17.7 Å². The summed E-state index contributed by atoms with van der Waals surface area (Å²) in [6.07, 6.45) is 0. The SMILES string of the molecule is Fc1ccc(CNc2cc(F)c(F)cc2F)c(Cl)c1. The molecule has 19 heavy (non-hydrogen) atoms. The van der Waals surface area contributed by atoms with Gasteiger partial charge in [0, 0.05) is 23.7 Å². The number of hydrogen-bond acceptors (Lipinski definition) is 1. The minimum absolute atomic E-state index is 0.0567. The molecule has 1 N–H and O–H groups in total. The highest BCUT2D eigenvalue weighted by Crippen LogP contribution is 2.22. The second-order valence-electron chi connectivity index (χ2n) is 3.84. The highest BCUT2D eigenvalue weighted by molar-refractivity contribution is 6.31. The van der Waals surface area contributed by atoms with E-state index in [2.05, 4.69) is 5.32 Å². The Morgan fingerprint density at radius 3 is 2.26 bits per heavy atom. The third-order valence-electron chi connectivity index (χ3n) is 2.49. The van der Waals surface area contributed by atoms with Gasteiger partial charge in [0.15, 0.2) is 11.6 Å². The second-order valence-corrected chi connectivity index (χ2v) is 4.24. The molecule has 0 heterocycles. The van der Waals surface area contributed by atoms with Crippen molar-refractivity contribution in [3.8, 4) is 0 Å². The van der Waals surface area contributed by atoms with E-state index in [0.717, 1.165) is 6.07 Å². The minimum Gasteiger partial charge on any atom is -0.378 e. The Morgan fingerprint density at radius 1 is 0.895 bits per heavy atom. The molecule has 100 valence electrons. The molecule has 6 heteroatoms. The second kappa shape index (κ2) is 5.48. The molecule has 0 aliphatic heterocycles. The van der Waals surface area contributed by atoms with E-state index in [9.17, 15) is 17.6 Å². The van der Waals surface area contributed by atoms with Crippen LogP contribution in [0.3, 0.4) is 0 Å². The average molecular weight is 290 g/mol. The predicted molar refractivity (Wildman–Crippen MR) is 65.1 cm³/mol. The van der Waals surface area contributed by atoms with E-state index in [1.54, 1.807) is 0 Å². The average Bonchev–Trinajstić information content (AvgIpc) is 2.34. The first-order valence-corrected chi connectivity index (χ1v) is 5.67. The minimum atomic E-state index is -1.26. The zero-order valence-electron chi connectivity index (χ0n) is 9.48. The van der Waals surface area contributed by atoms with E-state index in [1.807, 2.05) is 0 Å². The Bertz CT molecular complexity index is 616. The lowest BCUT2D eigenvalue weighted by Gasteiger charge is -2.09. The van der Waals surface area contributed by atoms with Crippen LogP contribution in [0.1, 0.15) is 5.56 Å². The maximum atomic E-state index is 13.3. The van der Waals surface area contributed by atoms with Gasteiger partial charge in [0.2, 0.25) is 0 Å². The topological polar surface area (TPSA) is 12.0 Å². The zero-order valence-corrected chi connectivity index (χ0v) is 10.2. The number of rotatable bonds is 3. The molecule has 0 spiro atoms. The molecule has 0 saturated carbocycles. The summed E-state index contributed by atoms with van der Waals surface area (Å²) < 4.78 is 51.8. The Labute approximate surface area is 111 Å². The predicted octanol–water partition coefficient (Wildman–Crippen LogP) is 4.51. The monoisotopic (exact) mass is 289 g/mol. The van der Waals surface area contributed by atoms with Crippen molar-refractivity contribution in [2.75, 3.05) is 5.32 Å². The summed E-state index contributed by atoms with van der Waals surface area (Å²) in [5, 5.41) is 2.73. The van der Waals surface area contributed by atoms with Crippen molar-refractivity contribution in [1.29, 1.82) is 0 Å². The van der Waals surface area contributed by atoms with Gasteiger partial charge in [-0.25, -0.2) is 17.6 Å². The normalized spacial score (nSPS) is 10.6. The Hall–Kier alpha value is -1.75. The van der Waals surface area contributed by atoms with Crippen molar-refractivity contribution in [2.45, 2.75) is 6.54 Å². The van der Waals surface area contributed by atoms with Crippen LogP contribution in [0, 0.1) is 23.3 Å². The number of benzene rings is 2. The van der Waals surface area contributed by atoms with Crippen molar-refractivity contribution >= 4 is 17.3 Å². The lowest BCUT2D eigenvalue weighted by atomic mass is 10.2. The standard InChI is InChI=1S/C13H8ClF4N/c14-9-3-8(15)2-1-7(9)6-19-13-5-11(17)10(16)4-12(13)18/h1-5,19H,6H2. The summed E-state index contributed by atoms with van der Waals surface area (Å²) in [6.45, 7) is 0.0567. The lowest BCUT2D eigenvalue weighted by molar-refractivity contribution is 0.496.